The lowest BCUT2D eigenvalue weighted by molar-refractivity contribution is -0.133. The van der Waals surface area contributed by atoms with E-state index in [1.54, 1.807) is 0 Å². The molecule has 1 fully saturated rings. The molecule has 1 amide bonds. The van der Waals surface area contributed by atoms with Gasteiger partial charge < -0.3 is 10.6 Å². The highest BCUT2D eigenvalue weighted by Crippen LogP contribution is 2.10. The minimum absolute atomic E-state index is 0.00231. The fourth-order valence-corrected chi connectivity index (χ4v) is 1.77. The number of nitrogens with zero attached hydrogens (tertiary/aromatic N) is 2. The van der Waals surface area contributed by atoms with Crippen molar-refractivity contribution in [3.05, 3.63) is 0 Å². The van der Waals surface area contributed by atoms with Crippen LogP contribution in [0.2, 0.25) is 0 Å². The van der Waals surface area contributed by atoms with Crippen molar-refractivity contribution in [3.8, 4) is 0 Å². The number of nitrogens with two attached hydrogens (primary N) is 1. The molecule has 13 heavy (non-hydrogen) atoms. The number of hydrogen-bond donors (Lipinski definition) is 1. The third kappa shape index (κ3) is 2.42. The first-order valence-electron chi connectivity index (χ1n) is 4.82. The Balaban J connectivity index is 2.66. The average Bonchev–Trinajstić information content (AvgIpc) is 2.21. The van der Waals surface area contributed by atoms with Crippen molar-refractivity contribution >= 4 is 5.91 Å². The van der Waals surface area contributed by atoms with Gasteiger partial charge in [-0.25, -0.2) is 0 Å². The summed E-state index contributed by atoms with van der Waals surface area (Å²) in [5, 5.41) is 0. The Labute approximate surface area is 79.7 Å². The van der Waals surface area contributed by atoms with Crippen molar-refractivity contribution in [1.82, 2.24) is 9.80 Å². The third-order valence-corrected chi connectivity index (χ3v) is 2.64. The number of hydrogen-bond acceptors (Lipinski definition) is 3. The summed E-state index contributed by atoms with van der Waals surface area (Å²) in [4.78, 5) is 15.7. The molecule has 1 heterocycles. The second kappa shape index (κ2) is 4.58. The smallest absolute Gasteiger partial charge is 0.239 e. The summed E-state index contributed by atoms with van der Waals surface area (Å²) in [6, 6.07) is -0.00231. The van der Waals surface area contributed by atoms with Crippen LogP contribution in [0.5, 0.6) is 0 Å². The van der Waals surface area contributed by atoms with E-state index in [0.29, 0.717) is 6.54 Å². The van der Waals surface area contributed by atoms with Crippen LogP contribution in [0.15, 0.2) is 0 Å². The first kappa shape index (κ1) is 10.5. The lowest BCUT2D eigenvalue weighted by Crippen LogP contribution is -2.44. The van der Waals surface area contributed by atoms with E-state index in [0.717, 1.165) is 25.9 Å². The minimum Gasteiger partial charge on any atom is -0.344 e. The van der Waals surface area contributed by atoms with Gasteiger partial charge in [-0.15, -0.1) is 0 Å². The number of amides is 1. The van der Waals surface area contributed by atoms with Gasteiger partial charge in [0.25, 0.3) is 0 Å². The summed E-state index contributed by atoms with van der Waals surface area (Å²) >= 11 is 0. The molecule has 0 aromatic rings. The van der Waals surface area contributed by atoms with E-state index < -0.39 is 0 Å². The molecule has 2 N–H and O–H groups in total. The van der Waals surface area contributed by atoms with Crippen LogP contribution in [0.4, 0.5) is 0 Å². The van der Waals surface area contributed by atoms with E-state index in [9.17, 15) is 4.79 Å². The molecular formula is C9H19N3O. The van der Waals surface area contributed by atoms with E-state index in [-0.39, 0.29) is 11.9 Å². The molecule has 1 atom stereocenters. The SMILES string of the molecule is CN1CCCN(C)C(CCN)C1=O. The van der Waals surface area contributed by atoms with Crippen LogP contribution in [-0.2, 0) is 4.79 Å². The highest BCUT2D eigenvalue weighted by molar-refractivity contribution is 5.81. The molecule has 0 aliphatic carbocycles. The summed E-state index contributed by atoms with van der Waals surface area (Å²) in [7, 11) is 3.86. The summed E-state index contributed by atoms with van der Waals surface area (Å²) < 4.78 is 0. The maximum absolute atomic E-state index is 11.8. The van der Waals surface area contributed by atoms with E-state index >= 15 is 0 Å². The highest BCUT2D eigenvalue weighted by atomic mass is 16.2. The van der Waals surface area contributed by atoms with Gasteiger partial charge in [-0.1, -0.05) is 0 Å². The van der Waals surface area contributed by atoms with Crippen molar-refractivity contribution in [2.75, 3.05) is 33.7 Å². The fraction of sp³-hybridized carbons (Fsp3) is 0.889. The number of likely N-dealkylation sites (N-methyl/N-ethyl adjacent to an activating group) is 2. The number of carbonyl (C=O) groups excluding carboxylic acids is 1. The summed E-state index contributed by atoms with van der Waals surface area (Å²) in [5.41, 5.74) is 5.48. The number of rotatable bonds is 2. The van der Waals surface area contributed by atoms with Crippen LogP contribution in [0, 0.1) is 0 Å². The predicted molar refractivity (Wildman–Crippen MR) is 52.3 cm³/mol. The molecule has 0 bridgehead atoms. The van der Waals surface area contributed by atoms with Crippen molar-refractivity contribution in [2.24, 2.45) is 5.73 Å². The second-order valence-corrected chi connectivity index (χ2v) is 3.69. The van der Waals surface area contributed by atoms with Gasteiger partial charge in [0.2, 0.25) is 5.91 Å². The standard InChI is InChI=1S/C9H19N3O/c1-11-6-3-7-12(2)9(13)8(11)4-5-10/h8H,3-7,10H2,1-2H3. The third-order valence-electron chi connectivity index (χ3n) is 2.64. The predicted octanol–water partition coefficient (Wildman–Crippen LogP) is -0.502. The summed E-state index contributed by atoms with van der Waals surface area (Å²) in [5.74, 6) is 0.213. The monoisotopic (exact) mass is 185 g/mol. The van der Waals surface area contributed by atoms with E-state index in [1.807, 2.05) is 19.0 Å². The van der Waals surface area contributed by atoms with E-state index in [2.05, 4.69) is 4.90 Å². The topological polar surface area (TPSA) is 49.6 Å². The lowest BCUT2D eigenvalue weighted by atomic mass is 10.1. The van der Waals surface area contributed by atoms with Crippen molar-refractivity contribution < 1.29 is 4.79 Å². The Morgan fingerprint density at radius 3 is 2.77 bits per heavy atom. The van der Waals surface area contributed by atoms with Gasteiger partial charge in [-0.2, -0.15) is 0 Å². The maximum atomic E-state index is 11.8. The maximum Gasteiger partial charge on any atom is 0.239 e. The first-order chi connectivity index (χ1) is 6.16. The molecule has 4 heteroatoms. The molecule has 0 radical (unpaired) electrons. The van der Waals surface area contributed by atoms with Gasteiger partial charge >= 0.3 is 0 Å². The van der Waals surface area contributed by atoms with Crippen LogP contribution in [0.3, 0.4) is 0 Å². The zero-order valence-corrected chi connectivity index (χ0v) is 8.49. The van der Waals surface area contributed by atoms with Gasteiger partial charge in [0.15, 0.2) is 0 Å². The second-order valence-electron chi connectivity index (χ2n) is 3.69. The molecule has 1 aliphatic rings. The Morgan fingerprint density at radius 2 is 2.15 bits per heavy atom. The van der Waals surface area contributed by atoms with Crippen LogP contribution in [-0.4, -0.2) is 55.5 Å². The minimum atomic E-state index is -0.00231. The average molecular weight is 185 g/mol. The van der Waals surface area contributed by atoms with E-state index in [1.165, 1.54) is 0 Å². The van der Waals surface area contributed by atoms with Crippen molar-refractivity contribution in [1.29, 1.82) is 0 Å². The van der Waals surface area contributed by atoms with Gasteiger partial charge in [-0.3, -0.25) is 9.69 Å². The largest absolute Gasteiger partial charge is 0.344 e. The first-order valence-corrected chi connectivity index (χ1v) is 4.82. The molecule has 0 aromatic carbocycles. The normalized spacial score (nSPS) is 26.2. The molecular weight excluding hydrogens is 166 g/mol. The van der Waals surface area contributed by atoms with Crippen LogP contribution in [0.25, 0.3) is 0 Å². The molecule has 1 saturated heterocycles. The quantitative estimate of drug-likeness (QED) is 0.631. The molecule has 76 valence electrons. The van der Waals surface area contributed by atoms with Gasteiger partial charge in [0.05, 0.1) is 6.04 Å². The lowest BCUT2D eigenvalue weighted by Gasteiger charge is -2.25. The van der Waals surface area contributed by atoms with Crippen LogP contribution < -0.4 is 5.73 Å². The molecule has 1 rings (SSSR count). The summed E-state index contributed by atoms with van der Waals surface area (Å²) in [6.45, 7) is 2.43. The van der Waals surface area contributed by atoms with Crippen LogP contribution >= 0.6 is 0 Å². The highest BCUT2D eigenvalue weighted by Gasteiger charge is 2.27. The van der Waals surface area contributed by atoms with Gasteiger partial charge in [0, 0.05) is 20.1 Å². The Kier molecular flexibility index (Phi) is 3.69. The zero-order chi connectivity index (χ0) is 9.84. The van der Waals surface area contributed by atoms with E-state index in [4.69, 9.17) is 5.73 Å². The molecule has 0 saturated carbocycles. The zero-order valence-electron chi connectivity index (χ0n) is 8.49. The molecule has 1 aliphatic heterocycles. The Morgan fingerprint density at radius 1 is 1.46 bits per heavy atom. The molecule has 0 aromatic heterocycles. The fourth-order valence-electron chi connectivity index (χ4n) is 1.77. The number of carbonyl (C=O) groups is 1. The summed E-state index contributed by atoms with van der Waals surface area (Å²) in [6.07, 6.45) is 1.82. The molecule has 4 nitrogen and oxygen atoms in total. The molecule has 0 spiro atoms. The van der Waals surface area contributed by atoms with Gasteiger partial charge in [0.1, 0.15) is 0 Å². The van der Waals surface area contributed by atoms with Gasteiger partial charge in [-0.05, 0) is 26.4 Å². The Bertz CT molecular complexity index is 184. The van der Waals surface area contributed by atoms with Crippen LogP contribution in [0.1, 0.15) is 12.8 Å². The molecule has 1 unspecified atom stereocenters. The Hall–Kier alpha value is -0.610. The van der Waals surface area contributed by atoms with Crippen molar-refractivity contribution in [3.63, 3.8) is 0 Å². The van der Waals surface area contributed by atoms with Crippen molar-refractivity contribution in [2.45, 2.75) is 18.9 Å².